The van der Waals surface area contributed by atoms with Gasteiger partial charge in [0.2, 0.25) is 5.91 Å². The SMILES string of the molecule is COCCOc1cccc(NC(=O)C2(N)CC2)c1. The highest BCUT2D eigenvalue weighted by atomic mass is 16.5. The Bertz CT molecular complexity index is 430. The van der Waals surface area contributed by atoms with Crippen LogP contribution in [-0.2, 0) is 9.53 Å². The second-order valence-electron chi connectivity index (χ2n) is 4.48. The zero-order valence-electron chi connectivity index (χ0n) is 10.4. The maximum absolute atomic E-state index is 11.8. The standard InChI is InChI=1S/C13H18N2O3/c1-17-7-8-18-11-4-2-3-10(9-11)15-12(16)13(14)5-6-13/h2-4,9H,5-8,14H2,1H3,(H,15,16). The Morgan fingerprint density at radius 1 is 1.44 bits per heavy atom. The van der Waals surface area contributed by atoms with Crippen molar-refractivity contribution in [2.75, 3.05) is 25.6 Å². The van der Waals surface area contributed by atoms with E-state index >= 15 is 0 Å². The molecule has 1 aromatic carbocycles. The van der Waals surface area contributed by atoms with Crippen LogP contribution >= 0.6 is 0 Å². The first kappa shape index (κ1) is 12.9. The van der Waals surface area contributed by atoms with Gasteiger partial charge in [0.05, 0.1) is 12.1 Å². The van der Waals surface area contributed by atoms with Gasteiger partial charge in [-0.3, -0.25) is 4.79 Å². The van der Waals surface area contributed by atoms with Crippen molar-refractivity contribution in [1.82, 2.24) is 0 Å². The molecule has 0 spiro atoms. The van der Waals surface area contributed by atoms with Crippen LogP contribution in [0.2, 0.25) is 0 Å². The number of amides is 1. The molecule has 2 rings (SSSR count). The number of anilines is 1. The van der Waals surface area contributed by atoms with Crippen LogP contribution in [0.4, 0.5) is 5.69 Å². The zero-order valence-corrected chi connectivity index (χ0v) is 10.4. The minimum atomic E-state index is -0.660. The van der Waals surface area contributed by atoms with Gasteiger partial charge in [0.1, 0.15) is 12.4 Å². The van der Waals surface area contributed by atoms with Gasteiger partial charge in [-0.15, -0.1) is 0 Å². The molecule has 5 heteroatoms. The van der Waals surface area contributed by atoms with E-state index < -0.39 is 5.54 Å². The summed E-state index contributed by atoms with van der Waals surface area (Å²) in [6.45, 7) is 1.01. The van der Waals surface area contributed by atoms with Crippen LogP contribution in [0.15, 0.2) is 24.3 Å². The molecule has 1 amide bonds. The predicted molar refractivity (Wildman–Crippen MR) is 68.6 cm³/mol. The number of nitrogens with one attached hydrogen (secondary N) is 1. The lowest BCUT2D eigenvalue weighted by Crippen LogP contribution is -2.37. The molecule has 1 aliphatic carbocycles. The van der Waals surface area contributed by atoms with Crippen LogP contribution in [0.1, 0.15) is 12.8 Å². The molecule has 3 N–H and O–H groups in total. The Labute approximate surface area is 106 Å². The van der Waals surface area contributed by atoms with E-state index in [1.165, 1.54) is 0 Å². The topological polar surface area (TPSA) is 73.6 Å². The molecule has 1 aromatic rings. The average Bonchev–Trinajstić information content (AvgIpc) is 3.10. The van der Waals surface area contributed by atoms with E-state index in [0.717, 1.165) is 12.8 Å². The van der Waals surface area contributed by atoms with Gasteiger partial charge in [-0.2, -0.15) is 0 Å². The Kier molecular flexibility index (Phi) is 3.84. The quantitative estimate of drug-likeness (QED) is 0.743. The van der Waals surface area contributed by atoms with E-state index in [1.807, 2.05) is 18.2 Å². The molecule has 0 radical (unpaired) electrons. The van der Waals surface area contributed by atoms with Crippen molar-refractivity contribution in [3.8, 4) is 5.75 Å². The molecule has 5 nitrogen and oxygen atoms in total. The number of methoxy groups -OCH3 is 1. The van der Waals surface area contributed by atoms with Crippen LogP contribution in [0.3, 0.4) is 0 Å². The summed E-state index contributed by atoms with van der Waals surface area (Å²) in [6.07, 6.45) is 1.51. The summed E-state index contributed by atoms with van der Waals surface area (Å²) in [5.41, 5.74) is 5.86. The molecule has 1 aliphatic rings. The van der Waals surface area contributed by atoms with E-state index in [9.17, 15) is 4.79 Å². The van der Waals surface area contributed by atoms with Gasteiger partial charge in [-0.05, 0) is 25.0 Å². The van der Waals surface area contributed by atoms with Gasteiger partial charge >= 0.3 is 0 Å². The van der Waals surface area contributed by atoms with E-state index in [-0.39, 0.29) is 5.91 Å². The van der Waals surface area contributed by atoms with Crippen LogP contribution < -0.4 is 15.8 Å². The highest BCUT2D eigenvalue weighted by molar-refractivity contribution is 6.00. The minimum absolute atomic E-state index is 0.128. The fourth-order valence-corrected chi connectivity index (χ4v) is 1.52. The number of rotatable bonds is 6. The van der Waals surface area contributed by atoms with Crippen molar-refractivity contribution in [2.45, 2.75) is 18.4 Å². The van der Waals surface area contributed by atoms with Gasteiger partial charge in [0.25, 0.3) is 0 Å². The van der Waals surface area contributed by atoms with Gasteiger partial charge in [0, 0.05) is 18.9 Å². The van der Waals surface area contributed by atoms with E-state index in [1.54, 1.807) is 13.2 Å². The van der Waals surface area contributed by atoms with Crippen LogP contribution in [0.5, 0.6) is 5.75 Å². The van der Waals surface area contributed by atoms with Gasteiger partial charge in [-0.1, -0.05) is 6.07 Å². The molecule has 0 saturated heterocycles. The Morgan fingerprint density at radius 3 is 2.89 bits per heavy atom. The Hall–Kier alpha value is -1.59. The number of carbonyl (C=O) groups excluding carboxylic acids is 1. The van der Waals surface area contributed by atoms with Crippen molar-refractivity contribution in [2.24, 2.45) is 5.73 Å². The molecule has 0 heterocycles. The smallest absolute Gasteiger partial charge is 0.244 e. The van der Waals surface area contributed by atoms with Crippen LogP contribution in [0.25, 0.3) is 0 Å². The maximum Gasteiger partial charge on any atom is 0.244 e. The summed E-state index contributed by atoms with van der Waals surface area (Å²) >= 11 is 0. The molecule has 1 fully saturated rings. The van der Waals surface area contributed by atoms with Crippen LogP contribution in [0, 0.1) is 0 Å². The summed E-state index contributed by atoms with van der Waals surface area (Å²) in [5, 5.41) is 2.80. The third-order valence-corrected chi connectivity index (χ3v) is 2.89. The fourth-order valence-electron chi connectivity index (χ4n) is 1.52. The van der Waals surface area contributed by atoms with Gasteiger partial charge in [0.15, 0.2) is 0 Å². The average molecular weight is 250 g/mol. The predicted octanol–water partition coefficient (Wildman–Crippen LogP) is 1.14. The second-order valence-corrected chi connectivity index (χ2v) is 4.48. The van der Waals surface area contributed by atoms with E-state index in [0.29, 0.717) is 24.7 Å². The Balaban J connectivity index is 1.92. The summed E-state index contributed by atoms with van der Waals surface area (Å²) < 4.78 is 10.4. The monoisotopic (exact) mass is 250 g/mol. The van der Waals surface area contributed by atoms with Gasteiger partial charge in [-0.25, -0.2) is 0 Å². The first-order valence-corrected chi connectivity index (χ1v) is 5.96. The molecule has 0 unspecified atom stereocenters. The largest absolute Gasteiger partial charge is 0.491 e. The first-order chi connectivity index (χ1) is 8.64. The molecule has 0 atom stereocenters. The summed E-state index contributed by atoms with van der Waals surface area (Å²) in [6, 6.07) is 7.25. The first-order valence-electron chi connectivity index (χ1n) is 5.96. The lowest BCUT2D eigenvalue weighted by molar-refractivity contribution is -0.118. The molecule has 18 heavy (non-hydrogen) atoms. The molecule has 0 bridgehead atoms. The molecule has 0 aliphatic heterocycles. The third kappa shape index (κ3) is 3.21. The van der Waals surface area contributed by atoms with Crippen molar-refractivity contribution < 1.29 is 14.3 Å². The van der Waals surface area contributed by atoms with E-state index in [4.69, 9.17) is 15.2 Å². The highest BCUT2D eigenvalue weighted by Gasteiger charge is 2.45. The lowest BCUT2D eigenvalue weighted by Gasteiger charge is -2.11. The summed E-state index contributed by atoms with van der Waals surface area (Å²) in [4.78, 5) is 11.8. The number of ether oxygens (including phenoxy) is 2. The number of nitrogens with two attached hydrogens (primary N) is 1. The zero-order chi connectivity index (χ0) is 13.0. The lowest BCUT2D eigenvalue weighted by atomic mass is 10.2. The summed E-state index contributed by atoms with van der Waals surface area (Å²) in [5.74, 6) is 0.572. The van der Waals surface area contributed by atoms with Crippen molar-refractivity contribution in [1.29, 1.82) is 0 Å². The normalized spacial score (nSPS) is 16.1. The van der Waals surface area contributed by atoms with Crippen LogP contribution in [-0.4, -0.2) is 31.8 Å². The molecular weight excluding hydrogens is 232 g/mol. The van der Waals surface area contributed by atoms with Crippen molar-refractivity contribution >= 4 is 11.6 Å². The number of hydrogen-bond acceptors (Lipinski definition) is 4. The van der Waals surface area contributed by atoms with E-state index in [2.05, 4.69) is 5.32 Å². The third-order valence-electron chi connectivity index (χ3n) is 2.89. The minimum Gasteiger partial charge on any atom is -0.491 e. The molecule has 1 saturated carbocycles. The van der Waals surface area contributed by atoms with Crippen molar-refractivity contribution in [3.63, 3.8) is 0 Å². The maximum atomic E-state index is 11.8. The highest BCUT2D eigenvalue weighted by Crippen LogP contribution is 2.33. The second kappa shape index (κ2) is 5.37. The van der Waals surface area contributed by atoms with Gasteiger partial charge < -0.3 is 20.5 Å². The Morgan fingerprint density at radius 2 is 2.22 bits per heavy atom. The number of hydrogen-bond donors (Lipinski definition) is 2. The van der Waals surface area contributed by atoms with Crippen molar-refractivity contribution in [3.05, 3.63) is 24.3 Å². The molecule has 0 aromatic heterocycles. The number of carbonyl (C=O) groups is 1. The molecule has 98 valence electrons. The molecular formula is C13H18N2O3. The fraction of sp³-hybridized carbons (Fsp3) is 0.462. The number of benzene rings is 1. The summed E-state index contributed by atoms with van der Waals surface area (Å²) in [7, 11) is 1.62.